The number of benzene rings is 2. The van der Waals surface area contributed by atoms with Crippen LogP contribution in [0.4, 0.5) is 5.69 Å². The molecule has 2 N–H and O–H groups in total. The minimum atomic E-state index is -0.491. The summed E-state index contributed by atoms with van der Waals surface area (Å²) in [5, 5.41) is 15.7. The number of hydrogen-bond acceptors (Lipinski definition) is 5. The van der Waals surface area contributed by atoms with Gasteiger partial charge in [-0.2, -0.15) is 0 Å². The molecule has 26 heavy (non-hydrogen) atoms. The number of anilines is 1. The molecule has 1 aliphatic heterocycles. The van der Waals surface area contributed by atoms with E-state index in [4.69, 9.17) is 21.1 Å². The van der Waals surface area contributed by atoms with E-state index in [1.807, 2.05) is 13.8 Å². The number of rotatable bonds is 4. The zero-order valence-corrected chi connectivity index (χ0v) is 15.2. The number of fused-ring (bicyclic) bond motifs is 1. The monoisotopic (exact) mass is 374 g/mol. The third-order valence-electron chi connectivity index (χ3n) is 3.88. The lowest BCUT2D eigenvalue weighted by atomic mass is 9.92. The summed E-state index contributed by atoms with van der Waals surface area (Å²) in [5.74, 6) is 0.709. The zero-order valence-electron chi connectivity index (χ0n) is 14.5. The zero-order chi connectivity index (χ0) is 18.7. The predicted octanol–water partition coefficient (Wildman–Crippen LogP) is 4.10. The molecule has 1 heterocycles. The topological polar surface area (TPSA) is 80.2 Å². The van der Waals surface area contributed by atoms with Gasteiger partial charge in [0.25, 0.3) is 5.91 Å². The van der Waals surface area contributed by atoms with Crippen molar-refractivity contribution in [2.75, 3.05) is 11.9 Å². The van der Waals surface area contributed by atoms with Crippen LogP contribution in [0.5, 0.6) is 11.5 Å². The number of hydrogen-bond donors (Lipinski definition) is 2. The molecule has 3 rings (SSSR count). The number of nitrogens with zero attached hydrogens (tertiary/aromatic N) is 1. The highest BCUT2D eigenvalue weighted by molar-refractivity contribution is 6.33. The fraction of sp³-hybridized carbons (Fsp3) is 0.263. The average Bonchev–Trinajstić information content (AvgIpc) is 2.60. The lowest BCUT2D eigenvalue weighted by Crippen LogP contribution is -2.36. The van der Waals surface area contributed by atoms with Gasteiger partial charge in [-0.25, -0.2) is 0 Å². The van der Waals surface area contributed by atoms with Crippen molar-refractivity contribution < 1.29 is 19.5 Å². The molecule has 6 nitrogen and oxygen atoms in total. The Morgan fingerprint density at radius 3 is 2.85 bits per heavy atom. The second-order valence-corrected chi connectivity index (χ2v) is 6.97. The molecule has 0 atom stereocenters. The number of carbonyl (C=O) groups excluding carboxylic acids is 1. The quantitative estimate of drug-likeness (QED) is 0.623. The van der Waals surface area contributed by atoms with Crippen LogP contribution < -0.4 is 14.8 Å². The van der Waals surface area contributed by atoms with Gasteiger partial charge in [-0.3, -0.25) is 4.79 Å². The van der Waals surface area contributed by atoms with Crippen LogP contribution in [0.15, 0.2) is 47.6 Å². The predicted molar refractivity (Wildman–Crippen MR) is 99.7 cm³/mol. The smallest absolute Gasteiger partial charge is 0.262 e. The summed E-state index contributed by atoms with van der Waals surface area (Å²) in [7, 11) is 0. The van der Waals surface area contributed by atoms with Crippen LogP contribution in [0.1, 0.15) is 25.8 Å². The number of halogens is 1. The van der Waals surface area contributed by atoms with E-state index in [1.165, 1.54) is 0 Å². The van der Waals surface area contributed by atoms with E-state index in [1.54, 1.807) is 42.5 Å². The fourth-order valence-corrected chi connectivity index (χ4v) is 2.92. The molecule has 0 saturated carbocycles. The van der Waals surface area contributed by atoms with Gasteiger partial charge < -0.3 is 20.0 Å². The van der Waals surface area contributed by atoms with Gasteiger partial charge in [-0.05, 0) is 38.1 Å². The summed E-state index contributed by atoms with van der Waals surface area (Å²) < 4.78 is 11.5. The summed E-state index contributed by atoms with van der Waals surface area (Å²) in [5.41, 5.74) is 1.30. The van der Waals surface area contributed by atoms with Crippen molar-refractivity contribution in [3.8, 4) is 11.5 Å². The van der Waals surface area contributed by atoms with E-state index in [0.717, 1.165) is 0 Å². The molecule has 1 amide bonds. The van der Waals surface area contributed by atoms with Crippen molar-refractivity contribution in [1.29, 1.82) is 0 Å². The molecule has 7 heteroatoms. The largest absolute Gasteiger partial charge is 0.487 e. The van der Waals surface area contributed by atoms with Gasteiger partial charge in [0, 0.05) is 18.1 Å². The highest BCUT2D eigenvalue weighted by Gasteiger charge is 2.31. The first-order valence-corrected chi connectivity index (χ1v) is 8.47. The molecule has 0 unspecified atom stereocenters. The first-order valence-electron chi connectivity index (χ1n) is 8.09. The SMILES string of the molecule is CC1(C)C/C(=N/O)c2ccc(OCC(=O)Nc3ccccc3Cl)cc2O1. The van der Waals surface area contributed by atoms with Crippen molar-refractivity contribution >= 4 is 28.9 Å². The maximum Gasteiger partial charge on any atom is 0.262 e. The van der Waals surface area contributed by atoms with Crippen LogP contribution in [0.25, 0.3) is 0 Å². The Kier molecular flexibility index (Phi) is 5.04. The number of ether oxygens (including phenoxy) is 2. The molecule has 0 saturated heterocycles. The van der Waals surface area contributed by atoms with E-state index < -0.39 is 5.60 Å². The Morgan fingerprint density at radius 2 is 2.12 bits per heavy atom. The summed E-state index contributed by atoms with van der Waals surface area (Å²) in [6.07, 6.45) is 0.497. The van der Waals surface area contributed by atoms with Crippen LogP contribution >= 0.6 is 11.6 Å². The molecule has 0 aliphatic carbocycles. The molecule has 0 spiro atoms. The maximum atomic E-state index is 12.1. The lowest BCUT2D eigenvalue weighted by molar-refractivity contribution is -0.118. The van der Waals surface area contributed by atoms with Gasteiger partial charge in [0.15, 0.2) is 6.61 Å². The van der Waals surface area contributed by atoms with Crippen molar-refractivity contribution in [3.63, 3.8) is 0 Å². The summed E-state index contributed by atoms with van der Waals surface area (Å²) in [4.78, 5) is 12.1. The fourth-order valence-electron chi connectivity index (χ4n) is 2.73. The number of oxime groups is 1. The minimum Gasteiger partial charge on any atom is -0.487 e. The van der Waals surface area contributed by atoms with Crippen LogP contribution in [-0.2, 0) is 4.79 Å². The van der Waals surface area contributed by atoms with Crippen molar-refractivity contribution in [1.82, 2.24) is 0 Å². The number of nitrogens with one attached hydrogen (secondary N) is 1. The number of carbonyl (C=O) groups is 1. The Balaban J connectivity index is 1.68. The summed E-state index contributed by atoms with van der Waals surface area (Å²) >= 11 is 6.02. The normalized spacial score (nSPS) is 16.5. The number of para-hydroxylation sites is 1. The van der Waals surface area contributed by atoms with Crippen LogP contribution in [-0.4, -0.2) is 29.0 Å². The third kappa shape index (κ3) is 4.08. The molecule has 2 aromatic carbocycles. The number of amides is 1. The Hall–Kier alpha value is -2.73. The van der Waals surface area contributed by atoms with E-state index >= 15 is 0 Å². The molecule has 136 valence electrons. The van der Waals surface area contributed by atoms with Gasteiger partial charge in [0.05, 0.1) is 16.4 Å². The second kappa shape index (κ2) is 7.25. The van der Waals surface area contributed by atoms with Crippen molar-refractivity contribution in [2.24, 2.45) is 5.16 Å². The van der Waals surface area contributed by atoms with Gasteiger partial charge in [-0.1, -0.05) is 28.9 Å². The first-order chi connectivity index (χ1) is 12.4. The Morgan fingerprint density at radius 1 is 1.35 bits per heavy atom. The Bertz CT molecular complexity index is 864. The van der Waals surface area contributed by atoms with E-state index in [9.17, 15) is 10.0 Å². The molecule has 1 aliphatic rings. The first kappa shape index (κ1) is 18.1. The van der Waals surface area contributed by atoms with Crippen LogP contribution in [0.2, 0.25) is 5.02 Å². The van der Waals surface area contributed by atoms with Crippen LogP contribution in [0, 0.1) is 0 Å². The molecule has 2 aromatic rings. The highest BCUT2D eigenvalue weighted by Crippen LogP contribution is 2.35. The molecule has 0 radical (unpaired) electrons. The third-order valence-corrected chi connectivity index (χ3v) is 4.21. The van der Waals surface area contributed by atoms with Crippen molar-refractivity contribution in [2.45, 2.75) is 25.9 Å². The highest BCUT2D eigenvalue weighted by atomic mass is 35.5. The van der Waals surface area contributed by atoms with Gasteiger partial charge >= 0.3 is 0 Å². The molecular formula is C19H19ClN2O4. The van der Waals surface area contributed by atoms with E-state index in [0.29, 0.717) is 39.9 Å². The van der Waals surface area contributed by atoms with Crippen molar-refractivity contribution in [3.05, 3.63) is 53.1 Å². The Labute approximate surface area is 156 Å². The van der Waals surface area contributed by atoms with Gasteiger partial charge in [0.2, 0.25) is 0 Å². The standard InChI is InChI=1S/C19H19ClN2O4/c1-19(2)10-16(22-24)13-8-7-12(9-17(13)26-19)25-11-18(23)21-15-6-4-3-5-14(15)20/h3-9,24H,10-11H2,1-2H3,(H,21,23)/b22-16-. The van der Waals surface area contributed by atoms with E-state index in [-0.39, 0.29) is 12.5 Å². The molecular weight excluding hydrogens is 356 g/mol. The summed E-state index contributed by atoms with van der Waals surface area (Å²) in [6, 6.07) is 12.1. The lowest BCUT2D eigenvalue weighted by Gasteiger charge is -2.33. The minimum absolute atomic E-state index is 0.172. The van der Waals surface area contributed by atoms with Gasteiger partial charge in [-0.15, -0.1) is 0 Å². The molecule has 0 fully saturated rings. The van der Waals surface area contributed by atoms with Gasteiger partial charge in [0.1, 0.15) is 17.1 Å². The maximum absolute atomic E-state index is 12.1. The average molecular weight is 375 g/mol. The summed E-state index contributed by atoms with van der Waals surface area (Å²) in [6.45, 7) is 3.64. The van der Waals surface area contributed by atoms with Crippen LogP contribution in [0.3, 0.4) is 0 Å². The second-order valence-electron chi connectivity index (χ2n) is 6.56. The molecule has 0 aromatic heterocycles. The molecule has 0 bridgehead atoms. The van der Waals surface area contributed by atoms with E-state index in [2.05, 4.69) is 10.5 Å².